The zero-order chi connectivity index (χ0) is 18.4. The van der Waals surface area contributed by atoms with Crippen LogP contribution in [0.4, 0.5) is 0 Å². The highest BCUT2D eigenvalue weighted by Gasteiger charge is 2.13. The maximum Gasteiger partial charge on any atom is 0.264 e. The molecule has 134 valence electrons. The van der Waals surface area contributed by atoms with Crippen LogP contribution in [0.1, 0.15) is 27.6 Å². The van der Waals surface area contributed by atoms with E-state index < -0.39 is 0 Å². The lowest BCUT2D eigenvalue weighted by molar-refractivity contribution is 0.0796. The molecule has 1 heterocycles. The average molecular weight is 351 g/mol. The van der Waals surface area contributed by atoms with E-state index in [1.807, 2.05) is 49.4 Å². The Bertz CT molecular complexity index is 862. The van der Waals surface area contributed by atoms with E-state index in [4.69, 9.17) is 9.26 Å². The van der Waals surface area contributed by atoms with Crippen LogP contribution >= 0.6 is 0 Å². The highest BCUT2D eigenvalue weighted by Crippen LogP contribution is 2.14. The summed E-state index contributed by atoms with van der Waals surface area (Å²) in [4.78, 5) is 18.3. The van der Waals surface area contributed by atoms with Gasteiger partial charge in [0.15, 0.2) is 12.4 Å². The number of likely N-dealkylation sites (N-methyl/N-ethyl adjacent to an activating group) is 1. The lowest BCUT2D eigenvalue weighted by Gasteiger charge is -2.15. The van der Waals surface area contributed by atoms with Gasteiger partial charge in [0, 0.05) is 25.6 Å². The van der Waals surface area contributed by atoms with E-state index in [1.54, 1.807) is 24.1 Å². The van der Waals surface area contributed by atoms with Gasteiger partial charge in [0.25, 0.3) is 11.8 Å². The van der Waals surface area contributed by atoms with E-state index in [-0.39, 0.29) is 12.5 Å². The maximum atomic E-state index is 12.3. The van der Waals surface area contributed by atoms with Gasteiger partial charge in [-0.25, -0.2) is 0 Å². The lowest BCUT2D eigenvalue weighted by atomic mass is 10.2. The Morgan fingerprint density at radius 2 is 1.96 bits per heavy atom. The van der Waals surface area contributed by atoms with Crippen molar-refractivity contribution in [2.45, 2.75) is 20.0 Å². The van der Waals surface area contributed by atoms with Crippen LogP contribution in [0.3, 0.4) is 0 Å². The summed E-state index contributed by atoms with van der Waals surface area (Å²) in [5.74, 6) is 1.70. The zero-order valence-electron chi connectivity index (χ0n) is 14.9. The summed E-state index contributed by atoms with van der Waals surface area (Å²) in [7, 11) is 1.76. The predicted octanol–water partition coefficient (Wildman–Crippen LogP) is 3.27. The van der Waals surface area contributed by atoms with Crippen LogP contribution in [-0.4, -0.2) is 34.5 Å². The van der Waals surface area contributed by atoms with Gasteiger partial charge >= 0.3 is 0 Å². The van der Waals surface area contributed by atoms with Crippen LogP contribution < -0.4 is 4.74 Å². The second-order valence-electron chi connectivity index (χ2n) is 6.05. The number of carbonyl (C=O) groups is 1. The molecule has 0 radical (unpaired) electrons. The van der Waals surface area contributed by atoms with E-state index >= 15 is 0 Å². The molecule has 0 atom stereocenters. The minimum absolute atomic E-state index is 0.0305. The number of hydrogen-bond donors (Lipinski definition) is 0. The van der Waals surface area contributed by atoms with Crippen molar-refractivity contribution in [3.05, 3.63) is 77.4 Å². The summed E-state index contributed by atoms with van der Waals surface area (Å²) in [5, 5.41) is 3.95. The van der Waals surface area contributed by atoms with Gasteiger partial charge in [0.2, 0.25) is 0 Å². The van der Waals surface area contributed by atoms with Crippen LogP contribution in [0.5, 0.6) is 5.75 Å². The zero-order valence-corrected chi connectivity index (χ0v) is 14.9. The Balaban J connectivity index is 1.49. The quantitative estimate of drug-likeness (QED) is 0.653. The number of nitrogens with zero attached hydrogens (tertiary/aromatic N) is 3. The van der Waals surface area contributed by atoms with Gasteiger partial charge in [-0.05, 0) is 36.8 Å². The normalized spacial score (nSPS) is 10.5. The SMILES string of the molecule is Cc1cccc(OCc2nc(CCN(C)C(=O)c3ccccc3)no2)c1. The molecule has 0 N–H and O–H groups in total. The molecular weight excluding hydrogens is 330 g/mol. The molecule has 0 saturated heterocycles. The fraction of sp³-hybridized carbons (Fsp3) is 0.250. The first-order valence-corrected chi connectivity index (χ1v) is 8.43. The number of aromatic nitrogens is 2. The topological polar surface area (TPSA) is 68.5 Å². The third-order valence-corrected chi connectivity index (χ3v) is 3.90. The first-order valence-electron chi connectivity index (χ1n) is 8.43. The molecule has 2 aromatic carbocycles. The highest BCUT2D eigenvalue weighted by molar-refractivity contribution is 5.93. The minimum atomic E-state index is -0.0305. The van der Waals surface area contributed by atoms with E-state index in [1.165, 1.54) is 0 Å². The van der Waals surface area contributed by atoms with Crippen LogP contribution in [0, 0.1) is 6.92 Å². The number of carbonyl (C=O) groups excluding carboxylic acids is 1. The van der Waals surface area contributed by atoms with Gasteiger partial charge in [-0.1, -0.05) is 35.5 Å². The van der Waals surface area contributed by atoms with E-state index in [0.29, 0.717) is 30.2 Å². The smallest absolute Gasteiger partial charge is 0.264 e. The molecule has 0 bridgehead atoms. The Morgan fingerprint density at radius 1 is 1.15 bits per heavy atom. The maximum absolute atomic E-state index is 12.3. The number of rotatable bonds is 7. The molecule has 0 aliphatic heterocycles. The summed E-state index contributed by atoms with van der Waals surface area (Å²) in [6, 6.07) is 16.9. The standard InChI is InChI=1S/C20H21N3O3/c1-15-7-6-10-17(13-15)25-14-19-21-18(22-26-19)11-12-23(2)20(24)16-8-4-3-5-9-16/h3-10,13H,11-12,14H2,1-2H3. The summed E-state index contributed by atoms with van der Waals surface area (Å²) in [5.41, 5.74) is 1.79. The highest BCUT2D eigenvalue weighted by atomic mass is 16.5. The second-order valence-corrected chi connectivity index (χ2v) is 6.05. The Kier molecular flexibility index (Phi) is 5.63. The minimum Gasteiger partial charge on any atom is -0.484 e. The van der Waals surface area contributed by atoms with Crippen molar-refractivity contribution in [1.29, 1.82) is 0 Å². The first kappa shape index (κ1) is 17.7. The van der Waals surface area contributed by atoms with E-state index in [2.05, 4.69) is 10.1 Å². The molecule has 0 aliphatic rings. The van der Waals surface area contributed by atoms with Crippen LogP contribution in [0.15, 0.2) is 59.1 Å². The number of benzene rings is 2. The van der Waals surface area contributed by atoms with Crippen molar-refractivity contribution >= 4 is 5.91 Å². The lowest BCUT2D eigenvalue weighted by Crippen LogP contribution is -2.29. The summed E-state index contributed by atoms with van der Waals surface area (Å²) < 4.78 is 10.9. The molecule has 0 aliphatic carbocycles. The molecule has 1 aromatic heterocycles. The van der Waals surface area contributed by atoms with Crippen LogP contribution in [0.2, 0.25) is 0 Å². The second kappa shape index (κ2) is 8.29. The van der Waals surface area contributed by atoms with Crippen molar-refractivity contribution in [3.8, 4) is 5.75 Å². The third kappa shape index (κ3) is 4.69. The summed E-state index contributed by atoms with van der Waals surface area (Å²) in [6.07, 6.45) is 0.517. The Labute approximate surface area is 152 Å². The number of amides is 1. The van der Waals surface area contributed by atoms with Gasteiger partial charge in [0.1, 0.15) is 5.75 Å². The van der Waals surface area contributed by atoms with E-state index in [9.17, 15) is 4.79 Å². The molecule has 3 rings (SSSR count). The number of ether oxygens (including phenoxy) is 1. The first-order chi connectivity index (χ1) is 12.6. The Morgan fingerprint density at radius 3 is 2.73 bits per heavy atom. The van der Waals surface area contributed by atoms with Gasteiger partial charge in [-0.15, -0.1) is 0 Å². The van der Waals surface area contributed by atoms with Crippen molar-refractivity contribution in [2.75, 3.05) is 13.6 Å². The number of aryl methyl sites for hydroxylation is 1. The monoisotopic (exact) mass is 351 g/mol. The molecule has 6 heteroatoms. The molecule has 1 amide bonds. The molecule has 0 fully saturated rings. The third-order valence-electron chi connectivity index (χ3n) is 3.90. The molecule has 26 heavy (non-hydrogen) atoms. The largest absolute Gasteiger partial charge is 0.484 e. The predicted molar refractivity (Wildman–Crippen MR) is 96.9 cm³/mol. The number of hydrogen-bond acceptors (Lipinski definition) is 5. The van der Waals surface area contributed by atoms with Gasteiger partial charge in [-0.3, -0.25) is 4.79 Å². The van der Waals surface area contributed by atoms with Crippen molar-refractivity contribution in [1.82, 2.24) is 15.0 Å². The average Bonchev–Trinajstić information content (AvgIpc) is 3.12. The van der Waals surface area contributed by atoms with Gasteiger partial charge in [-0.2, -0.15) is 4.98 Å². The van der Waals surface area contributed by atoms with Crippen molar-refractivity contribution < 1.29 is 14.1 Å². The molecule has 6 nitrogen and oxygen atoms in total. The van der Waals surface area contributed by atoms with Crippen molar-refractivity contribution in [3.63, 3.8) is 0 Å². The van der Waals surface area contributed by atoms with Crippen LogP contribution in [-0.2, 0) is 13.0 Å². The molecular formula is C20H21N3O3. The molecule has 0 unspecified atom stereocenters. The molecule has 0 saturated carbocycles. The Hall–Kier alpha value is -3.15. The summed E-state index contributed by atoms with van der Waals surface area (Å²) >= 11 is 0. The fourth-order valence-electron chi connectivity index (χ4n) is 2.47. The van der Waals surface area contributed by atoms with E-state index in [0.717, 1.165) is 11.3 Å². The summed E-state index contributed by atoms with van der Waals surface area (Å²) in [6.45, 7) is 2.73. The van der Waals surface area contributed by atoms with Crippen LogP contribution in [0.25, 0.3) is 0 Å². The van der Waals surface area contributed by atoms with Crippen molar-refractivity contribution in [2.24, 2.45) is 0 Å². The van der Waals surface area contributed by atoms with Gasteiger partial charge in [0.05, 0.1) is 0 Å². The van der Waals surface area contributed by atoms with Gasteiger partial charge < -0.3 is 14.2 Å². The molecule has 0 spiro atoms. The fourth-order valence-corrected chi connectivity index (χ4v) is 2.47. The molecule has 3 aromatic rings.